The van der Waals surface area contributed by atoms with Crippen LogP contribution in [0.3, 0.4) is 0 Å². The first-order valence-corrected chi connectivity index (χ1v) is 5.49. The molecular formula is C10H20N2O3S. The number of hydrogen-bond donors (Lipinski definition) is 1. The minimum atomic E-state index is -0.0841. The topological polar surface area (TPSA) is 64.8 Å². The third-order valence-corrected chi connectivity index (χ3v) is 2.52. The molecule has 0 aromatic rings. The van der Waals surface area contributed by atoms with Crippen LogP contribution >= 0.6 is 12.2 Å². The van der Waals surface area contributed by atoms with Crippen LogP contribution in [-0.2, 0) is 14.3 Å². The van der Waals surface area contributed by atoms with Gasteiger partial charge in [0.15, 0.2) is 0 Å². The van der Waals surface area contributed by atoms with Crippen LogP contribution in [0.4, 0.5) is 0 Å². The maximum atomic E-state index is 11.5. The second kappa shape index (κ2) is 8.43. The summed E-state index contributed by atoms with van der Waals surface area (Å²) in [5.74, 6) is -0.0675. The summed E-state index contributed by atoms with van der Waals surface area (Å²) in [6.45, 7) is 3.37. The highest BCUT2D eigenvalue weighted by Gasteiger charge is 2.13. The molecule has 1 atom stereocenters. The molecule has 0 heterocycles. The number of rotatable bonds is 8. The zero-order valence-corrected chi connectivity index (χ0v) is 10.9. The Morgan fingerprint density at radius 3 is 2.62 bits per heavy atom. The lowest BCUT2D eigenvalue weighted by Gasteiger charge is -2.20. The summed E-state index contributed by atoms with van der Waals surface area (Å²) in [6, 6.07) is 0. The summed E-state index contributed by atoms with van der Waals surface area (Å²) < 4.78 is 9.92. The van der Waals surface area contributed by atoms with E-state index in [2.05, 4.69) is 0 Å². The van der Waals surface area contributed by atoms with E-state index in [9.17, 15) is 4.79 Å². The van der Waals surface area contributed by atoms with Gasteiger partial charge in [0.25, 0.3) is 0 Å². The monoisotopic (exact) mass is 248 g/mol. The number of nitrogens with zero attached hydrogens (tertiary/aromatic N) is 1. The molecule has 0 radical (unpaired) electrons. The van der Waals surface area contributed by atoms with Crippen LogP contribution in [0.15, 0.2) is 0 Å². The van der Waals surface area contributed by atoms with Crippen molar-refractivity contribution < 1.29 is 14.3 Å². The Morgan fingerprint density at radius 2 is 2.12 bits per heavy atom. The van der Waals surface area contributed by atoms with E-state index in [4.69, 9.17) is 27.4 Å². The van der Waals surface area contributed by atoms with Crippen molar-refractivity contribution in [3.05, 3.63) is 0 Å². The zero-order chi connectivity index (χ0) is 12.6. The first-order chi connectivity index (χ1) is 7.49. The minimum absolute atomic E-state index is 0.0166. The minimum Gasteiger partial charge on any atom is -0.393 e. The van der Waals surface area contributed by atoms with E-state index in [0.29, 0.717) is 24.7 Å². The zero-order valence-electron chi connectivity index (χ0n) is 10.1. The van der Waals surface area contributed by atoms with Gasteiger partial charge in [-0.3, -0.25) is 4.79 Å². The van der Waals surface area contributed by atoms with Gasteiger partial charge in [-0.25, -0.2) is 0 Å². The number of nitrogens with two attached hydrogens (primary N) is 1. The van der Waals surface area contributed by atoms with Crippen molar-refractivity contribution in [2.45, 2.75) is 6.92 Å². The number of likely N-dealkylation sites (N-methyl/N-ethyl adjacent to an activating group) is 1. The maximum absolute atomic E-state index is 11.5. The lowest BCUT2D eigenvalue weighted by molar-refractivity contribution is -0.135. The van der Waals surface area contributed by atoms with Crippen LogP contribution in [-0.4, -0.2) is 56.3 Å². The van der Waals surface area contributed by atoms with Crippen molar-refractivity contribution in [2.24, 2.45) is 11.7 Å². The van der Waals surface area contributed by atoms with Crippen LogP contribution in [0.5, 0.6) is 0 Å². The first kappa shape index (κ1) is 15.3. The smallest absolute Gasteiger partial charge is 0.248 e. The Hall–Kier alpha value is -0.720. The van der Waals surface area contributed by atoms with Gasteiger partial charge in [-0.05, 0) is 0 Å². The molecule has 2 N–H and O–H groups in total. The molecule has 0 bridgehead atoms. The Bertz CT molecular complexity index is 236. The number of amides is 1. The first-order valence-electron chi connectivity index (χ1n) is 5.09. The molecule has 1 amide bonds. The standard InChI is InChI=1S/C10H20N2O3S/c1-8(10(11)16)6-12(2)9(13)7-15-5-4-14-3/h8H,4-7H2,1-3H3,(H2,11,16). The molecule has 94 valence electrons. The number of hydrogen-bond acceptors (Lipinski definition) is 4. The third-order valence-electron chi connectivity index (χ3n) is 2.12. The molecular weight excluding hydrogens is 228 g/mol. The molecule has 0 aliphatic heterocycles. The number of ether oxygens (including phenoxy) is 2. The van der Waals surface area contributed by atoms with Crippen LogP contribution in [0.1, 0.15) is 6.92 Å². The fourth-order valence-corrected chi connectivity index (χ4v) is 1.09. The maximum Gasteiger partial charge on any atom is 0.248 e. The number of methoxy groups -OCH3 is 1. The summed E-state index contributed by atoms with van der Waals surface area (Å²) in [6.07, 6.45) is 0. The van der Waals surface area contributed by atoms with E-state index < -0.39 is 0 Å². The van der Waals surface area contributed by atoms with Crippen LogP contribution in [0.25, 0.3) is 0 Å². The molecule has 5 nitrogen and oxygen atoms in total. The van der Waals surface area contributed by atoms with E-state index in [0.717, 1.165) is 0 Å². The van der Waals surface area contributed by atoms with Crippen LogP contribution in [0, 0.1) is 5.92 Å². The normalized spacial score (nSPS) is 12.2. The lowest BCUT2D eigenvalue weighted by atomic mass is 10.2. The van der Waals surface area contributed by atoms with Crippen molar-refractivity contribution in [3.8, 4) is 0 Å². The Balaban J connectivity index is 3.77. The van der Waals surface area contributed by atoms with Crippen molar-refractivity contribution in [2.75, 3.05) is 40.5 Å². The Kier molecular flexibility index (Phi) is 8.05. The Labute approximate surface area is 102 Å². The van der Waals surface area contributed by atoms with Crippen molar-refractivity contribution in [1.29, 1.82) is 0 Å². The highest BCUT2D eigenvalue weighted by molar-refractivity contribution is 7.80. The predicted octanol–water partition coefficient (Wildman–Crippen LogP) is 0.0300. The van der Waals surface area contributed by atoms with E-state index in [1.807, 2.05) is 6.92 Å². The van der Waals surface area contributed by atoms with Gasteiger partial charge in [-0.2, -0.15) is 0 Å². The second-order valence-corrected chi connectivity index (χ2v) is 4.09. The van der Waals surface area contributed by atoms with E-state index in [-0.39, 0.29) is 18.4 Å². The Morgan fingerprint density at radius 1 is 1.50 bits per heavy atom. The molecule has 0 rings (SSSR count). The summed E-state index contributed by atoms with van der Waals surface area (Å²) in [7, 11) is 3.29. The molecule has 6 heteroatoms. The molecule has 0 saturated heterocycles. The molecule has 0 saturated carbocycles. The summed E-state index contributed by atoms with van der Waals surface area (Å²) >= 11 is 4.84. The average Bonchev–Trinajstić information content (AvgIpc) is 2.23. The summed E-state index contributed by atoms with van der Waals surface area (Å²) in [5.41, 5.74) is 5.47. The number of thiocarbonyl (C=S) groups is 1. The average molecular weight is 248 g/mol. The fourth-order valence-electron chi connectivity index (χ4n) is 1.01. The largest absolute Gasteiger partial charge is 0.393 e. The van der Waals surface area contributed by atoms with Gasteiger partial charge in [0, 0.05) is 26.6 Å². The fraction of sp³-hybridized carbons (Fsp3) is 0.800. The van der Waals surface area contributed by atoms with Crippen molar-refractivity contribution in [1.82, 2.24) is 4.90 Å². The third kappa shape index (κ3) is 6.71. The predicted molar refractivity (Wildman–Crippen MR) is 66.3 cm³/mol. The van der Waals surface area contributed by atoms with Gasteiger partial charge < -0.3 is 20.1 Å². The summed E-state index contributed by atoms with van der Waals surface area (Å²) in [5, 5.41) is 0. The molecule has 0 fully saturated rings. The van der Waals surface area contributed by atoms with Crippen molar-refractivity contribution in [3.63, 3.8) is 0 Å². The van der Waals surface area contributed by atoms with Gasteiger partial charge >= 0.3 is 0 Å². The van der Waals surface area contributed by atoms with Crippen LogP contribution in [0.2, 0.25) is 0 Å². The van der Waals surface area contributed by atoms with Gasteiger partial charge in [0.1, 0.15) is 6.61 Å². The molecule has 1 unspecified atom stereocenters. The second-order valence-electron chi connectivity index (χ2n) is 3.62. The number of carbonyl (C=O) groups excluding carboxylic acids is 1. The molecule has 0 aliphatic carbocycles. The van der Waals surface area contributed by atoms with Gasteiger partial charge in [0.2, 0.25) is 5.91 Å². The lowest BCUT2D eigenvalue weighted by Crippen LogP contribution is -2.37. The van der Waals surface area contributed by atoms with E-state index >= 15 is 0 Å². The quantitative estimate of drug-likeness (QED) is 0.485. The van der Waals surface area contributed by atoms with Gasteiger partial charge in [-0.15, -0.1) is 0 Å². The SMILES string of the molecule is COCCOCC(=O)N(C)CC(C)C(N)=S. The van der Waals surface area contributed by atoms with Crippen LogP contribution < -0.4 is 5.73 Å². The molecule has 0 aliphatic rings. The van der Waals surface area contributed by atoms with Gasteiger partial charge in [-0.1, -0.05) is 19.1 Å². The van der Waals surface area contributed by atoms with Crippen molar-refractivity contribution >= 4 is 23.1 Å². The van der Waals surface area contributed by atoms with Gasteiger partial charge in [0.05, 0.1) is 18.2 Å². The molecule has 16 heavy (non-hydrogen) atoms. The van der Waals surface area contributed by atoms with E-state index in [1.165, 1.54) is 0 Å². The molecule has 0 aromatic carbocycles. The highest BCUT2D eigenvalue weighted by atomic mass is 32.1. The highest BCUT2D eigenvalue weighted by Crippen LogP contribution is 1.99. The molecule has 0 spiro atoms. The molecule has 0 aromatic heterocycles. The summed E-state index contributed by atoms with van der Waals surface area (Å²) in [4.78, 5) is 13.5. The van der Waals surface area contributed by atoms with E-state index in [1.54, 1.807) is 19.1 Å². The number of carbonyl (C=O) groups is 1.